The Morgan fingerprint density at radius 1 is 1.10 bits per heavy atom. The van der Waals surface area contributed by atoms with Crippen LogP contribution in [-0.2, 0) is 29.7 Å². The van der Waals surface area contributed by atoms with Gasteiger partial charge in [-0.3, -0.25) is 9.59 Å². The van der Waals surface area contributed by atoms with Crippen molar-refractivity contribution in [2.24, 2.45) is 12.5 Å². The van der Waals surface area contributed by atoms with Crippen molar-refractivity contribution in [1.82, 2.24) is 14.4 Å². The number of carbonyl (C=O) groups excluding carboxylic acids is 2. The average Bonchev–Trinajstić information content (AvgIpc) is 3.11. The molecule has 0 spiro atoms. The summed E-state index contributed by atoms with van der Waals surface area (Å²) in [6.45, 7) is 8.53. The standard InChI is InChI=1S/C23H30ClN3O2/c1-5-13-26(22(29)23(2,3)18-24)17-21(28)27(15-19-10-7-6-8-11-19)16-20-12-9-14-25(20)4/h5-12,14H,1,13,15-18H2,2-4H3. The molecule has 0 atom stereocenters. The van der Waals surface area contributed by atoms with Crippen molar-refractivity contribution in [2.45, 2.75) is 26.9 Å². The van der Waals surface area contributed by atoms with Crippen molar-refractivity contribution in [1.29, 1.82) is 0 Å². The van der Waals surface area contributed by atoms with E-state index in [1.54, 1.807) is 24.8 Å². The van der Waals surface area contributed by atoms with E-state index in [1.165, 1.54) is 4.90 Å². The molecule has 0 fully saturated rings. The predicted molar refractivity (Wildman–Crippen MR) is 117 cm³/mol. The third-order valence-electron chi connectivity index (χ3n) is 4.85. The first-order chi connectivity index (χ1) is 13.8. The van der Waals surface area contributed by atoms with Gasteiger partial charge in [0.05, 0.1) is 12.0 Å². The highest BCUT2D eigenvalue weighted by molar-refractivity contribution is 6.19. The quantitative estimate of drug-likeness (QED) is 0.437. The van der Waals surface area contributed by atoms with Gasteiger partial charge in [0.25, 0.3) is 0 Å². The van der Waals surface area contributed by atoms with Gasteiger partial charge < -0.3 is 14.4 Å². The molecule has 0 bridgehead atoms. The lowest BCUT2D eigenvalue weighted by atomic mass is 9.94. The van der Waals surface area contributed by atoms with Gasteiger partial charge in [-0.1, -0.05) is 36.4 Å². The maximum atomic E-state index is 13.2. The lowest BCUT2D eigenvalue weighted by Gasteiger charge is -2.32. The number of alkyl halides is 1. The molecule has 0 aliphatic rings. The molecule has 29 heavy (non-hydrogen) atoms. The van der Waals surface area contributed by atoms with Crippen LogP contribution in [0.2, 0.25) is 0 Å². The topological polar surface area (TPSA) is 45.6 Å². The van der Waals surface area contributed by atoms with Crippen LogP contribution in [0.5, 0.6) is 0 Å². The molecule has 1 aromatic carbocycles. The molecule has 2 rings (SSSR count). The Morgan fingerprint density at radius 2 is 1.79 bits per heavy atom. The molecule has 156 valence electrons. The molecule has 2 aromatic rings. The van der Waals surface area contributed by atoms with Crippen LogP contribution < -0.4 is 0 Å². The van der Waals surface area contributed by atoms with Gasteiger partial charge in [-0.05, 0) is 31.5 Å². The highest BCUT2D eigenvalue weighted by atomic mass is 35.5. The number of hydrogen-bond acceptors (Lipinski definition) is 2. The number of halogens is 1. The number of nitrogens with zero attached hydrogens (tertiary/aromatic N) is 3. The monoisotopic (exact) mass is 415 g/mol. The molecule has 2 amide bonds. The molecule has 0 N–H and O–H groups in total. The molecule has 0 aliphatic heterocycles. The van der Waals surface area contributed by atoms with Crippen LogP contribution in [0.15, 0.2) is 61.3 Å². The van der Waals surface area contributed by atoms with Gasteiger partial charge in [-0.15, -0.1) is 18.2 Å². The fraction of sp³-hybridized carbons (Fsp3) is 0.391. The summed E-state index contributed by atoms with van der Waals surface area (Å²) in [7, 11) is 1.96. The maximum Gasteiger partial charge on any atom is 0.242 e. The van der Waals surface area contributed by atoms with E-state index in [0.717, 1.165) is 11.3 Å². The normalized spacial score (nSPS) is 11.2. The van der Waals surface area contributed by atoms with Crippen LogP contribution in [0.25, 0.3) is 0 Å². The van der Waals surface area contributed by atoms with Crippen molar-refractivity contribution in [2.75, 3.05) is 19.0 Å². The van der Waals surface area contributed by atoms with E-state index in [1.807, 2.05) is 60.3 Å². The van der Waals surface area contributed by atoms with E-state index in [0.29, 0.717) is 19.6 Å². The summed E-state index contributed by atoms with van der Waals surface area (Å²) in [5, 5.41) is 0. The van der Waals surface area contributed by atoms with E-state index >= 15 is 0 Å². The number of aromatic nitrogens is 1. The Morgan fingerprint density at radius 3 is 2.34 bits per heavy atom. The highest BCUT2D eigenvalue weighted by Crippen LogP contribution is 2.21. The third kappa shape index (κ3) is 6.23. The molecule has 1 aromatic heterocycles. The molecule has 0 radical (unpaired) electrons. The van der Waals surface area contributed by atoms with Gasteiger partial charge >= 0.3 is 0 Å². The fourth-order valence-electron chi connectivity index (χ4n) is 3.02. The second-order valence-corrected chi connectivity index (χ2v) is 8.10. The molecule has 0 aliphatic carbocycles. The minimum absolute atomic E-state index is 0.0115. The molecular weight excluding hydrogens is 386 g/mol. The number of amides is 2. The largest absolute Gasteiger partial charge is 0.353 e. The van der Waals surface area contributed by atoms with E-state index in [2.05, 4.69) is 6.58 Å². The first kappa shape index (κ1) is 22.8. The van der Waals surface area contributed by atoms with E-state index in [-0.39, 0.29) is 24.2 Å². The van der Waals surface area contributed by atoms with Crippen LogP contribution >= 0.6 is 11.6 Å². The summed E-state index contributed by atoms with van der Waals surface area (Å²) >= 11 is 5.98. The van der Waals surface area contributed by atoms with E-state index < -0.39 is 5.41 Å². The summed E-state index contributed by atoms with van der Waals surface area (Å²) in [6.07, 6.45) is 3.59. The summed E-state index contributed by atoms with van der Waals surface area (Å²) in [4.78, 5) is 29.4. The van der Waals surface area contributed by atoms with Crippen molar-refractivity contribution < 1.29 is 9.59 Å². The summed E-state index contributed by atoms with van der Waals surface area (Å²) in [6, 6.07) is 13.8. The highest BCUT2D eigenvalue weighted by Gasteiger charge is 2.32. The van der Waals surface area contributed by atoms with Gasteiger partial charge in [-0.25, -0.2) is 0 Å². The van der Waals surface area contributed by atoms with Crippen LogP contribution in [0.3, 0.4) is 0 Å². The zero-order valence-electron chi connectivity index (χ0n) is 17.5. The number of aryl methyl sites for hydroxylation is 1. The van der Waals surface area contributed by atoms with Crippen molar-refractivity contribution >= 4 is 23.4 Å². The van der Waals surface area contributed by atoms with Crippen LogP contribution in [0.1, 0.15) is 25.1 Å². The molecular formula is C23H30ClN3O2. The van der Waals surface area contributed by atoms with E-state index in [4.69, 9.17) is 11.6 Å². The maximum absolute atomic E-state index is 13.2. The van der Waals surface area contributed by atoms with Gasteiger partial charge in [0, 0.05) is 37.9 Å². The summed E-state index contributed by atoms with van der Waals surface area (Å²) < 4.78 is 1.99. The second-order valence-electron chi connectivity index (χ2n) is 7.84. The molecule has 6 heteroatoms. The van der Waals surface area contributed by atoms with Crippen LogP contribution in [0, 0.1) is 5.41 Å². The fourth-order valence-corrected chi connectivity index (χ4v) is 3.13. The molecule has 1 heterocycles. The van der Waals surface area contributed by atoms with Crippen LogP contribution in [-0.4, -0.2) is 45.2 Å². The number of hydrogen-bond donors (Lipinski definition) is 0. The zero-order chi connectivity index (χ0) is 21.4. The van der Waals surface area contributed by atoms with E-state index in [9.17, 15) is 9.59 Å². The number of carbonyl (C=O) groups is 2. The lowest BCUT2D eigenvalue weighted by molar-refractivity contribution is -0.145. The Hall–Kier alpha value is -2.53. The summed E-state index contributed by atoms with van der Waals surface area (Å²) in [5.74, 6) is -0.0833. The van der Waals surface area contributed by atoms with Crippen molar-refractivity contribution in [3.05, 3.63) is 72.6 Å². The first-order valence-corrected chi connectivity index (χ1v) is 10.2. The SMILES string of the molecule is C=CCN(CC(=O)N(Cc1ccccc1)Cc1cccn1C)C(=O)C(C)(C)CCl. The van der Waals surface area contributed by atoms with Crippen molar-refractivity contribution in [3.63, 3.8) is 0 Å². The Balaban J connectivity index is 2.23. The Bertz CT molecular complexity index is 830. The minimum Gasteiger partial charge on any atom is -0.353 e. The molecule has 5 nitrogen and oxygen atoms in total. The van der Waals surface area contributed by atoms with Crippen molar-refractivity contribution in [3.8, 4) is 0 Å². The zero-order valence-corrected chi connectivity index (χ0v) is 18.2. The van der Waals surface area contributed by atoms with Gasteiger partial charge in [0.15, 0.2) is 0 Å². The second kappa shape index (κ2) is 10.3. The molecule has 0 saturated heterocycles. The van der Waals surface area contributed by atoms with Crippen LogP contribution in [0.4, 0.5) is 0 Å². The Kier molecular flexibility index (Phi) is 8.09. The smallest absolute Gasteiger partial charge is 0.242 e. The third-order valence-corrected chi connectivity index (χ3v) is 5.52. The summed E-state index contributed by atoms with van der Waals surface area (Å²) in [5.41, 5.74) is 1.32. The van der Waals surface area contributed by atoms with Gasteiger partial charge in [-0.2, -0.15) is 0 Å². The predicted octanol–water partition coefficient (Wildman–Crippen LogP) is 3.83. The molecule has 0 saturated carbocycles. The van der Waals surface area contributed by atoms with Gasteiger partial charge in [0.1, 0.15) is 6.54 Å². The molecule has 0 unspecified atom stereocenters. The Labute approximate surface area is 178 Å². The first-order valence-electron chi connectivity index (χ1n) is 9.66. The minimum atomic E-state index is -0.743. The number of rotatable bonds is 10. The lowest BCUT2D eigenvalue weighted by Crippen LogP contribution is -2.47. The van der Waals surface area contributed by atoms with Gasteiger partial charge in [0.2, 0.25) is 11.8 Å². The number of benzene rings is 1. The average molecular weight is 416 g/mol.